The van der Waals surface area contributed by atoms with Gasteiger partial charge in [0.05, 0.1) is 12.7 Å². The van der Waals surface area contributed by atoms with Crippen LogP contribution in [0.5, 0.6) is 0 Å². The first kappa shape index (κ1) is 16.7. The number of hydrogen-bond donors (Lipinski definition) is 0. The smallest absolute Gasteiger partial charge is 0.338 e. The minimum absolute atomic E-state index is 0.228. The largest absolute Gasteiger partial charge is 0.465 e. The molecule has 0 aliphatic rings. The number of hydrogen-bond acceptors (Lipinski definition) is 2. The summed E-state index contributed by atoms with van der Waals surface area (Å²) in [6.07, 6.45) is 10.9. The van der Waals surface area contributed by atoms with Gasteiger partial charge in [0.25, 0.3) is 0 Å². The normalized spacial score (nSPS) is 10.5. The van der Waals surface area contributed by atoms with Crippen LogP contribution in [0.1, 0.15) is 67.3 Å². The molecule has 1 aromatic carbocycles. The summed E-state index contributed by atoms with van der Waals surface area (Å²) in [5.74, 6) is -0.228. The average molecular weight is 275 g/mol. The molecule has 0 heterocycles. The van der Waals surface area contributed by atoms with Crippen molar-refractivity contribution in [1.82, 2.24) is 0 Å². The molecule has 0 spiro atoms. The number of rotatable bonds is 10. The van der Waals surface area contributed by atoms with Gasteiger partial charge in [0.15, 0.2) is 0 Å². The third kappa shape index (κ3) is 6.23. The van der Waals surface area contributed by atoms with Crippen LogP contribution in [0.4, 0.5) is 0 Å². The number of esters is 1. The lowest BCUT2D eigenvalue weighted by molar-refractivity contribution is 0.0599. The van der Waals surface area contributed by atoms with Crippen molar-refractivity contribution in [2.45, 2.75) is 57.8 Å². The standard InChI is InChI=1S/C18H27O2/c1-3-4-5-6-7-8-9-10-13-16-14-11-12-15-17(16)18(19)20-2/h11-12,14-15H,1,3-10,13H2,2H3. The van der Waals surface area contributed by atoms with E-state index in [0.29, 0.717) is 5.56 Å². The molecular formula is C18H27O2. The van der Waals surface area contributed by atoms with Crippen molar-refractivity contribution in [3.63, 3.8) is 0 Å². The molecule has 0 aromatic heterocycles. The van der Waals surface area contributed by atoms with Crippen molar-refractivity contribution < 1.29 is 9.53 Å². The highest BCUT2D eigenvalue weighted by Crippen LogP contribution is 2.15. The fraction of sp³-hybridized carbons (Fsp3) is 0.556. The van der Waals surface area contributed by atoms with E-state index in [-0.39, 0.29) is 5.97 Å². The zero-order chi connectivity index (χ0) is 14.6. The van der Waals surface area contributed by atoms with Crippen molar-refractivity contribution in [3.05, 3.63) is 42.3 Å². The maximum atomic E-state index is 11.6. The summed E-state index contributed by atoms with van der Waals surface area (Å²) < 4.78 is 4.82. The topological polar surface area (TPSA) is 26.3 Å². The van der Waals surface area contributed by atoms with Gasteiger partial charge in [-0.25, -0.2) is 4.79 Å². The predicted molar refractivity (Wildman–Crippen MR) is 83.8 cm³/mol. The molecule has 0 bridgehead atoms. The lowest BCUT2D eigenvalue weighted by atomic mass is 10.0. The van der Waals surface area contributed by atoms with Crippen molar-refractivity contribution in [2.24, 2.45) is 0 Å². The average Bonchev–Trinajstić information content (AvgIpc) is 2.49. The van der Waals surface area contributed by atoms with Gasteiger partial charge in [0, 0.05) is 0 Å². The molecule has 0 aliphatic carbocycles. The van der Waals surface area contributed by atoms with Gasteiger partial charge in [-0.05, 0) is 24.5 Å². The minimum atomic E-state index is -0.228. The molecule has 1 radical (unpaired) electrons. The molecule has 0 aliphatic heterocycles. The van der Waals surface area contributed by atoms with Crippen molar-refractivity contribution in [3.8, 4) is 0 Å². The van der Waals surface area contributed by atoms with E-state index in [9.17, 15) is 4.79 Å². The van der Waals surface area contributed by atoms with E-state index in [0.717, 1.165) is 24.8 Å². The zero-order valence-corrected chi connectivity index (χ0v) is 12.7. The molecular weight excluding hydrogens is 248 g/mol. The Kier molecular flexibility index (Phi) is 8.77. The number of carbonyl (C=O) groups is 1. The Hall–Kier alpha value is -1.31. The summed E-state index contributed by atoms with van der Waals surface area (Å²) in [5.41, 5.74) is 1.82. The maximum absolute atomic E-state index is 11.6. The second kappa shape index (κ2) is 10.5. The van der Waals surface area contributed by atoms with Gasteiger partial charge < -0.3 is 4.74 Å². The second-order valence-corrected chi connectivity index (χ2v) is 5.23. The molecule has 0 saturated heterocycles. The summed E-state index contributed by atoms with van der Waals surface area (Å²) in [7, 11) is 1.44. The van der Waals surface area contributed by atoms with Crippen molar-refractivity contribution >= 4 is 5.97 Å². The van der Waals surface area contributed by atoms with Gasteiger partial charge in [0.2, 0.25) is 0 Å². The van der Waals surface area contributed by atoms with Gasteiger partial charge in [-0.2, -0.15) is 0 Å². The molecule has 0 fully saturated rings. The molecule has 2 heteroatoms. The highest BCUT2D eigenvalue weighted by Gasteiger charge is 2.09. The van der Waals surface area contributed by atoms with E-state index in [4.69, 9.17) is 4.74 Å². The SMILES string of the molecule is [CH2]CCCCCCCCCc1ccccc1C(=O)OC. The predicted octanol–water partition coefficient (Wildman–Crippen LogP) is 4.97. The van der Waals surface area contributed by atoms with Crippen LogP contribution in [0.15, 0.2) is 24.3 Å². The van der Waals surface area contributed by atoms with Crippen LogP contribution in [0.25, 0.3) is 0 Å². The van der Waals surface area contributed by atoms with Crippen LogP contribution in [-0.4, -0.2) is 13.1 Å². The van der Waals surface area contributed by atoms with E-state index in [1.807, 2.05) is 24.3 Å². The number of aryl methyl sites for hydroxylation is 1. The van der Waals surface area contributed by atoms with Crippen LogP contribution in [0.3, 0.4) is 0 Å². The quantitative estimate of drug-likeness (QED) is 0.445. The van der Waals surface area contributed by atoms with Gasteiger partial charge >= 0.3 is 5.97 Å². The molecule has 111 valence electrons. The lowest BCUT2D eigenvalue weighted by Crippen LogP contribution is -2.05. The molecule has 2 nitrogen and oxygen atoms in total. The summed E-state index contributed by atoms with van der Waals surface area (Å²) in [5, 5.41) is 0. The summed E-state index contributed by atoms with van der Waals surface area (Å²) in [4.78, 5) is 11.6. The summed E-state index contributed by atoms with van der Waals surface area (Å²) in [6, 6.07) is 7.75. The first-order valence-electron chi connectivity index (χ1n) is 7.75. The van der Waals surface area contributed by atoms with Crippen LogP contribution in [0.2, 0.25) is 0 Å². The van der Waals surface area contributed by atoms with E-state index in [2.05, 4.69) is 6.92 Å². The van der Waals surface area contributed by atoms with E-state index in [1.165, 1.54) is 45.6 Å². The highest BCUT2D eigenvalue weighted by atomic mass is 16.5. The Morgan fingerprint density at radius 2 is 1.60 bits per heavy atom. The Morgan fingerprint density at radius 1 is 1.00 bits per heavy atom. The number of carbonyl (C=O) groups excluding carboxylic acids is 1. The van der Waals surface area contributed by atoms with Crippen LogP contribution < -0.4 is 0 Å². The third-order valence-corrected chi connectivity index (χ3v) is 3.62. The van der Waals surface area contributed by atoms with Gasteiger partial charge in [-0.1, -0.05) is 70.1 Å². The maximum Gasteiger partial charge on any atom is 0.338 e. The molecule has 1 aromatic rings. The van der Waals surface area contributed by atoms with Crippen LogP contribution in [-0.2, 0) is 11.2 Å². The fourth-order valence-corrected chi connectivity index (χ4v) is 2.42. The van der Waals surface area contributed by atoms with Gasteiger partial charge in [-0.3, -0.25) is 0 Å². The zero-order valence-electron chi connectivity index (χ0n) is 12.7. The number of benzene rings is 1. The van der Waals surface area contributed by atoms with Crippen LogP contribution >= 0.6 is 0 Å². The first-order valence-corrected chi connectivity index (χ1v) is 7.75. The van der Waals surface area contributed by atoms with E-state index >= 15 is 0 Å². The number of methoxy groups -OCH3 is 1. The fourth-order valence-electron chi connectivity index (χ4n) is 2.42. The molecule has 0 N–H and O–H groups in total. The Morgan fingerprint density at radius 3 is 2.25 bits per heavy atom. The first-order chi connectivity index (χ1) is 9.79. The molecule has 0 saturated carbocycles. The molecule has 0 unspecified atom stereocenters. The minimum Gasteiger partial charge on any atom is -0.465 e. The Bertz CT molecular complexity index is 385. The molecule has 0 amide bonds. The highest BCUT2D eigenvalue weighted by molar-refractivity contribution is 5.90. The summed E-state index contributed by atoms with van der Waals surface area (Å²) >= 11 is 0. The Labute approximate surface area is 123 Å². The monoisotopic (exact) mass is 275 g/mol. The summed E-state index contributed by atoms with van der Waals surface area (Å²) in [6.45, 7) is 3.86. The second-order valence-electron chi connectivity index (χ2n) is 5.23. The molecule has 1 rings (SSSR count). The lowest BCUT2D eigenvalue weighted by Gasteiger charge is -2.07. The van der Waals surface area contributed by atoms with Gasteiger partial charge in [0.1, 0.15) is 0 Å². The molecule has 20 heavy (non-hydrogen) atoms. The van der Waals surface area contributed by atoms with Crippen molar-refractivity contribution in [1.29, 1.82) is 0 Å². The van der Waals surface area contributed by atoms with Crippen molar-refractivity contribution in [2.75, 3.05) is 7.11 Å². The third-order valence-electron chi connectivity index (χ3n) is 3.62. The number of unbranched alkanes of at least 4 members (excludes halogenated alkanes) is 7. The van der Waals surface area contributed by atoms with Crippen LogP contribution in [0, 0.1) is 6.92 Å². The van der Waals surface area contributed by atoms with Gasteiger partial charge in [-0.15, -0.1) is 0 Å². The molecule has 0 atom stereocenters. The Balaban J connectivity index is 2.23. The van der Waals surface area contributed by atoms with E-state index < -0.39 is 0 Å². The number of ether oxygens (including phenoxy) is 1. The van der Waals surface area contributed by atoms with E-state index in [1.54, 1.807) is 0 Å².